The Kier molecular flexibility index (Phi) is 37.8. The van der Waals surface area contributed by atoms with Crippen LogP contribution in [0.1, 0.15) is 213 Å². The van der Waals surface area contributed by atoms with Crippen molar-refractivity contribution < 1.29 is 32.9 Å². The summed E-state index contributed by atoms with van der Waals surface area (Å²) >= 11 is 0. The maximum Gasteiger partial charge on any atom is 0.268 e. The Morgan fingerprint density at radius 2 is 1.00 bits per heavy atom. The summed E-state index contributed by atoms with van der Waals surface area (Å²) in [5, 5.41) is 13.8. The van der Waals surface area contributed by atoms with Gasteiger partial charge in [-0.15, -0.1) is 0 Å². The van der Waals surface area contributed by atoms with Gasteiger partial charge in [-0.2, -0.15) is 0 Å². The second-order valence-corrected chi connectivity index (χ2v) is 18.5. The van der Waals surface area contributed by atoms with Gasteiger partial charge in [0.2, 0.25) is 5.91 Å². The number of quaternary nitrogens is 1. The van der Waals surface area contributed by atoms with Crippen LogP contribution in [-0.4, -0.2) is 68.5 Å². The summed E-state index contributed by atoms with van der Waals surface area (Å²) in [5.41, 5.74) is 0. The molecule has 0 aliphatic heterocycles. The van der Waals surface area contributed by atoms with Gasteiger partial charge in [0, 0.05) is 6.42 Å². The number of hydrogen-bond acceptors (Lipinski definition) is 6. The fourth-order valence-corrected chi connectivity index (χ4v) is 7.40. The highest BCUT2D eigenvalue weighted by molar-refractivity contribution is 7.45. The highest BCUT2D eigenvalue weighted by atomic mass is 31.2. The van der Waals surface area contributed by atoms with E-state index in [4.69, 9.17) is 9.05 Å². The molecule has 0 heterocycles. The molecule has 0 aromatic heterocycles. The van der Waals surface area contributed by atoms with Crippen LogP contribution in [0.4, 0.5) is 0 Å². The monoisotopic (exact) mass is 799 g/mol. The van der Waals surface area contributed by atoms with E-state index in [-0.39, 0.29) is 19.1 Å². The van der Waals surface area contributed by atoms with E-state index >= 15 is 0 Å². The van der Waals surface area contributed by atoms with Crippen LogP contribution in [0.15, 0.2) is 24.3 Å². The number of aliphatic hydroxyl groups excluding tert-OH is 1. The van der Waals surface area contributed by atoms with Crippen molar-refractivity contribution in [1.82, 2.24) is 5.32 Å². The van der Waals surface area contributed by atoms with Crippen LogP contribution in [0.2, 0.25) is 0 Å². The third-order valence-electron chi connectivity index (χ3n) is 10.4. The lowest BCUT2D eigenvalue weighted by Gasteiger charge is -2.29. The van der Waals surface area contributed by atoms with Crippen LogP contribution in [0.3, 0.4) is 0 Å². The molecular formula is C46H91N2O6P. The van der Waals surface area contributed by atoms with Gasteiger partial charge >= 0.3 is 0 Å². The fraction of sp³-hybridized carbons (Fsp3) is 0.891. The van der Waals surface area contributed by atoms with Crippen LogP contribution in [-0.2, 0) is 18.4 Å². The van der Waals surface area contributed by atoms with Crippen LogP contribution >= 0.6 is 7.82 Å². The number of aliphatic hydroxyl groups is 1. The van der Waals surface area contributed by atoms with Crippen molar-refractivity contribution in [2.24, 2.45) is 0 Å². The van der Waals surface area contributed by atoms with E-state index in [2.05, 4.69) is 31.3 Å². The Morgan fingerprint density at radius 3 is 1.42 bits per heavy atom. The number of allylic oxidation sites excluding steroid dienone is 3. The van der Waals surface area contributed by atoms with Crippen molar-refractivity contribution in [3.05, 3.63) is 24.3 Å². The standard InChI is InChI=1S/C46H91N2O6P/c1-6-8-10-12-14-16-18-20-21-22-23-24-25-26-28-30-32-34-36-38-40-46(50)47-44(43-54-55(51,52)53-42-41-48(3,4)5)45(49)39-37-35-33-31-29-27-19-17-15-13-11-9-7-2/h23-24,37,39,44-45,49H,6-22,25-36,38,40-43H2,1-5H3,(H-,47,50,51,52)/b24-23-,39-37+. The van der Waals surface area contributed by atoms with Gasteiger partial charge in [0.15, 0.2) is 0 Å². The SMILES string of the molecule is CCCCCCCCCCC/C=C\CCCCCCCCCC(=O)NC(COP(=O)([O-])OCC[N+](C)(C)C)C(O)/C=C/CCCCCCCCCCCCC. The number of hydrogen-bond donors (Lipinski definition) is 2. The van der Waals surface area contributed by atoms with Crippen molar-refractivity contribution in [2.75, 3.05) is 40.9 Å². The Hall–Kier alpha value is -1.02. The third-order valence-corrected chi connectivity index (χ3v) is 11.4. The van der Waals surface area contributed by atoms with Gasteiger partial charge in [0.1, 0.15) is 13.2 Å². The summed E-state index contributed by atoms with van der Waals surface area (Å²) in [6, 6.07) is -0.885. The van der Waals surface area contributed by atoms with Crippen molar-refractivity contribution in [3.63, 3.8) is 0 Å². The first kappa shape index (κ1) is 54.0. The first-order valence-corrected chi connectivity index (χ1v) is 24.7. The molecule has 0 spiro atoms. The fourth-order valence-electron chi connectivity index (χ4n) is 6.68. The van der Waals surface area contributed by atoms with E-state index in [0.717, 1.165) is 38.5 Å². The summed E-state index contributed by atoms with van der Waals surface area (Å²) in [7, 11) is 1.26. The Morgan fingerprint density at radius 1 is 0.618 bits per heavy atom. The topological polar surface area (TPSA) is 108 Å². The maximum atomic E-state index is 12.9. The Labute approximate surface area is 341 Å². The maximum absolute atomic E-state index is 12.9. The van der Waals surface area contributed by atoms with Crippen molar-refractivity contribution in [3.8, 4) is 0 Å². The average Bonchev–Trinajstić information content (AvgIpc) is 3.13. The average molecular weight is 799 g/mol. The van der Waals surface area contributed by atoms with Gasteiger partial charge in [-0.05, 0) is 44.9 Å². The molecule has 55 heavy (non-hydrogen) atoms. The molecule has 326 valence electrons. The predicted molar refractivity (Wildman–Crippen MR) is 233 cm³/mol. The van der Waals surface area contributed by atoms with Gasteiger partial charge < -0.3 is 28.8 Å². The molecule has 0 aliphatic rings. The van der Waals surface area contributed by atoms with Crippen molar-refractivity contribution in [2.45, 2.75) is 225 Å². The number of phosphoric ester groups is 1. The smallest absolute Gasteiger partial charge is 0.268 e. The molecule has 0 aliphatic carbocycles. The molecule has 3 unspecified atom stereocenters. The minimum atomic E-state index is -4.58. The molecule has 3 atom stereocenters. The largest absolute Gasteiger partial charge is 0.756 e. The predicted octanol–water partition coefficient (Wildman–Crippen LogP) is 12.3. The van der Waals surface area contributed by atoms with E-state index in [1.807, 2.05) is 27.2 Å². The quantitative estimate of drug-likeness (QED) is 0.0276. The molecule has 1 amide bonds. The number of rotatable bonds is 42. The number of nitrogens with zero attached hydrogens (tertiary/aromatic N) is 1. The number of carbonyl (C=O) groups is 1. The lowest BCUT2D eigenvalue weighted by molar-refractivity contribution is -0.870. The summed E-state index contributed by atoms with van der Waals surface area (Å²) in [4.78, 5) is 25.3. The molecule has 0 fully saturated rings. The molecule has 0 radical (unpaired) electrons. The summed E-state index contributed by atoms with van der Waals surface area (Å²) in [5.74, 6) is -0.202. The van der Waals surface area contributed by atoms with Gasteiger partial charge in [-0.25, -0.2) is 0 Å². The Bertz CT molecular complexity index is 953. The zero-order valence-corrected chi connectivity index (χ0v) is 37.8. The molecule has 0 saturated carbocycles. The lowest BCUT2D eigenvalue weighted by atomic mass is 10.0. The lowest BCUT2D eigenvalue weighted by Crippen LogP contribution is -2.45. The zero-order chi connectivity index (χ0) is 40.7. The van der Waals surface area contributed by atoms with Gasteiger partial charge in [-0.3, -0.25) is 9.36 Å². The first-order valence-electron chi connectivity index (χ1n) is 23.2. The first-order chi connectivity index (χ1) is 26.5. The van der Waals surface area contributed by atoms with E-state index in [1.54, 1.807) is 6.08 Å². The summed E-state index contributed by atoms with van der Waals surface area (Å²) in [6.07, 6.45) is 45.1. The van der Waals surface area contributed by atoms with E-state index in [0.29, 0.717) is 17.4 Å². The molecule has 0 aromatic rings. The number of amides is 1. The molecule has 0 rings (SSSR count). The number of unbranched alkanes of at least 4 members (excludes halogenated alkanes) is 27. The minimum absolute atomic E-state index is 0.000787. The van der Waals surface area contributed by atoms with E-state index in [9.17, 15) is 19.4 Å². The van der Waals surface area contributed by atoms with Gasteiger partial charge in [-0.1, -0.05) is 186 Å². The van der Waals surface area contributed by atoms with Crippen LogP contribution in [0, 0.1) is 0 Å². The molecule has 9 heteroatoms. The second kappa shape index (κ2) is 38.5. The number of likely N-dealkylation sites (N-methyl/N-ethyl adjacent to an activating group) is 1. The number of phosphoric acid groups is 1. The van der Waals surface area contributed by atoms with Crippen LogP contribution < -0.4 is 10.2 Å². The van der Waals surface area contributed by atoms with Crippen LogP contribution in [0.5, 0.6) is 0 Å². The molecule has 2 N–H and O–H groups in total. The van der Waals surface area contributed by atoms with Crippen molar-refractivity contribution in [1.29, 1.82) is 0 Å². The summed E-state index contributed by atoms with van der Waals surface area (Å²) in [6.45, 7) is 4.64. The van der Waals surface area contributed by atoms with Gasteiger partial charge in [0.05, 0.1) is 39.9 Å². The molecule has 0 saturated heterocycles. The van der Waals surface area contributed by atoms with Gasteiger partial charge in [0.25, 0.3) is 7.82 Å². The zero-order valence-electron chi connectivity index (χ0n) is 36.9. The van der Waals surface area contributed by atoms with E-state index < -0.39 is 20.0 Å². The van der Waals surface area contributed by atoms with E-state index in [1.165, 1.54) is 154 Å². The number of carbonyl (C=O) groups excluding carboxylic acids is 1. The highest BCUT2D eigenvalue weighted by Crippen LogP contribution is 2.38. The summed E-state index contributed by atoms with van der Waals surface area (Å²) < 4.78 is 23.2. The molecule has 8 nitrogen and oxygen atoms in total. The Balaban J connectivity index is 4.34. The molecular weight excluding hydrogens is 707 g/mol. The second-order valence-electron chi connectivity index (χ2n) is 17.1. The molecule has 0 aromatic carbocycles. The highest BCUT2D eigenvalue weighted by Gasteiger charge is 2.23. The van der Waals surface area contributed by atoms with Crippen molar-refractivity contribution >= 4 is 13.7 Å². The normalized spacial score (nSPS) is 14.5. The minimum Gasteiger partial charge on any atom is -0.756 e. The van der Waals surface area contributed by atoms with Crippen LogP contribution in [0.25, 0.3) is 0 Å². The molecule has 0 bridgehead atoms. The third kappa shape index (κ3) is 41.0. The number of nitrogens with one attached hydrogen (secondary N) is 1.